The van der Waals surface area contributed by atoms with E-state index in [9.17, 15) is 0 Å². The quantitative estimate of drug-likeness (QED) is 0.737. The lowest BCUT2D eigenvalue weighted by molar-refractivity contribution is 0.225. The Morgan fingerprint density at radius 2 is 2.05 bits per heavy atom. The molecule has 0 aromatic carbocycles. The molecule has 0 saturated carbocycles. The Morgan fingerprint density at radius 3 is 2.68 bits per heavy atom. The van der Waals surface area contributed by atoms with E-state index in [4.69, 9.17) is 4.74 Å². The van der Waals surface area contributed by atoms with Crippen LogP contribution in [0.15, 0.2) is 6.07 Å². The third-order valence-corrected chi connectivity index (χ3v) is 3.18. The zero-order valence-corrected chi connectivity index (χ0v) is 12.7. The highest BCUT2D eigenvalue weighted by Gasteiger charge is 2.08. The van der Waals surface area contributed by atoms with E-state index < -0.39 is 0 Å². The maximum Gasteiger partial charge on any atom is 0.218 e. The van der Waals surface area contributed by atoms with Gasteiger partial charge in [-0.15, -0.1) is 0 Å². The van der Waals surface area contributed by atoms with Crippen molar-refractivity contribution >= 4 is 5.82 Å². The molecule has 1 N–H and O–H groups in total. The molecule has 0 spiro atoms. The fraction of sp³-hybridized carbons (Fsp3) is 0.733. The van der Waals surface area contributed by atoms with Crippen molar-refractivity contribution in [3.8, 4) is 5.88 Å². The number of unbranched alkanes of at least 4 members (excludes halogenated alkanes) is 1. The molecule has 1 aromatic rings. The van der Waals surface area contributed by atoms with E-state index in [0.29, 0.717) is 11.8 Å². The summed E-state index contributed by atoms with van der Waals surface area (Å²) in [6, 6.07) is 1.88. The molecule has 4 nitrogen and oxygen atoms in total. The summed E-state index contributed by atoms with van der Waals surface area (Å²) < 4.78 is 5.83. The number of nitrogens with zero attached hydrogens (tertiary/aromatic N) is 2. The summed E-state index contributed by atoms with van der Waals surface area (Å²) in [6.07, 6.45) is 4.91. The van der Waals surface area contributed by atoms with Gasteiger partial charge in [-0.1, -0.05) is 33.1 Å². The van der Waals surface area contributed by atoms with Gasteiger partial charge in [0.2, 0.25) is 5.88 Å². The van der Waals surface area contributed by atoms with Gasteiger partial charge in [-0.05, 0) is 26.2 Å². The molecular formula is C15H27N3O. The van der Waals surface area contributed by atoms with Gasteiger partial charge in [-0.25, -0.2) is 4.98 Å². The second-order valence-electron chi connectivity index (χ2n) is 4.90. The number of rotatable bonds is 9. The van der Waals surface area contributed by atoms with E-state index in [2.05, 4.69) is 36.1 Å². The highest BCUT2D eigenvalue weighted by atomic mass is 16.5. The van der Waals surface area contributed by atoms with Crippen molar-refractivity contribution in [1.82, 2.24) is 9.97 Å². The minimum absolute atomic E-state index is 0.623. The van der Waals surface area contributed by atoms with Gasteiger partial charge in [0.05, 0.1) is 6.61 Å². The van der Waals surface area contributed by atoms with E-state index in [1.54, 1.807) is 0 Å². The molecule has 0 bridgehead atoms. The first kappa shape index (κ1) is 15.7. The third-order valence-electron chi connectivity index (χ3n) is 3.18. The van der Waals surface area contributed by atoms with Gasteiger partial charge in [-0.3, -0.25) is 0 Å². The Hall–Kier alpha value is -1.32. The predicted octanol–water partition coefficient (Wildman–Crippen LogP) is 3.81. The zero-order chi connectivity index (χ0) is 14.1. The molecule has 0 aliphatic heterocycles. The molecule has 1 unspecified atom stereocenters. The van der Waals surface area contributed by atoms with E-state index in [0.717, 1.165) is 31.2 Å². The number of hydrogen-bond acceptors (Lipinski definition) is 4. The van der Waals surface area contributed by atoms with Crippen LogP contribution in [-0.2, 0) is 0 Å². The number of ether oxygens (including phenoxy) is 1. The Morgan fingerprint density at radius 1 is 1.26 bits per heavy atom. The summed E-state index contributed by atoms with van der Waals surface area (Å²) in [4.78, 5) is 8.65. The van der Waals surface area contributed by atoms with Gasteiger partial charge >= 0.3 is 0 Å². The van der Waals surface area contributed by atoms with Crippen LogP contribution in [0.4, 0.5) is 5.82 Å². The molecule has 1 rings (SSSR count). The van der Waals surface area contributed by atoms with Crippen LogP contribution in [-0.4, -0.2) is 23.1 Å². The standard InChI is InChI=1S/C15H27N3O/c1-5-8-9-13(6-2)11-19-15-10-14(16-7-3)17-12(4)18-15/h10,13H,5-9,11H2,1-4H3,(H,16,17,18). The molecule has 1 heterocycles. The third kappa shape index (κ3) is 5.90. The fourth-order valence-corrected chi connectivity index (χ4v) is 1.99. The van der Waals surface area contributed by atoms with E-state index in [-0.39, 0.29) is 0 Å². The second kappa shape index (κ2) is 8.73. The second-order valence-corrected chi connectivity index (χ2v) is 4.90. The van der Waals surface area contributed by atoms with Crippen molar-refractivity contribution in [3.63, 3.8) is 0 Å². The van der Waals surface area contributed by atoms with Crippen LogP contribution in [0, 0.1) is 12.8 Å². The summed E-state index contributed by atoms with van der Waals surface area (Å²) in [5.74, 6) is 2.89. The lowest BCUT2D eigenvalue weighted by atomic mass is 10.0. The van der Waals surface area contributed by atoms with Gasteiger partial charge in [0, 0.05) is 12.6 Å². The average molecular weight is 265 g/mol. The first-order valence-electron chi connectivity index (χ1n) is 7.41. The molecule has 1 aromatic heterocycles. The predicted molar refractivity (Wildman–Crippen MR) is 79.7 cm³/mol. The average Bonchev–Trinajstić information content (AvgIpc) is 2.39. The first-order valence-corrected chi connectivity index (χ1v) is 7.41. The number of aromatic nitrogens is 2. The molecule has 4 heteroatoms. The molecule has 0 aliphatic carbocycles. The molecule has 0 radical (unpaired) electrons. The molecule has 0 amide bonds. The Kier molecular flexibility index (Phi) is 7.23. The topological polar surface area (TPSA) is 47.0 Å². The molecule has 1 atom stereocenters. The van der Waals surface area contributed by atoms with Crippen LogP contribution < -0.4 is 10.1 Å². The van der Waals surface area contributed by atoms with E-state index in [1.165, 1.54) is 19.3 Å². The van der Waals surface area contributed by atoms with E-state index >= 15 is 0 Å². The van der Waals surface area contributed by atoms with Crippen molar-refractivity contribution in [2.45, 2.75) is 53.4 Å². The van der Waals surface area contributed by atoms with Crippen molar-refractivity contribution in [2.24, 2.45) is 5.92 Å². The highest BCUT2D eigenvalue weighted by molar-refractivity contribution is 5.38. The van der Waals surface area contributed by atoms with E-state index in [1.807, 2.05) is 13.0 Å². The number of nitrogens with one attached hydrogen (secondary N) is 1. The molecule has 108 valence electrons. The van der Waals surface area contributed by atoms with Gasteiger partial charge in [0.15, 0.2) is 0 Å². The maximum atomic E-state index is 5.83. The van der Waals surface area contributed by atoms with Crippen LogP contribution >= 0.6 is 0 Å². The molecule has 0 aliphatic rings. The highest BCUT2D eigenvalue weighted by Crippen LogP contribution is 2.17. The van der Waals surface area contributed by atoms with Crippen LogP contribution in [0.5, 0.6) is 5.88 Å². The van der Waals surface area contributed by atoms with Crippen molar-refractivity contribution in [2.75, 3.05) is 18.5 Å². The minimum atomic E-state index is 0.623. The summed E-state index contributed by atoms with van der Waals surface area (Å²) in [6.45, 7) is 9.99. The summed E-state index contributed by atoms with van der Waals surface area (Å²) in [7, 11) is 0. The molecule has 0 fully saturated rings. The zero-order valence-electron chi connectivity index (χ0n) is 12.7. The largest absolute Gasteiger partial charge is 0.477 e. The Labute approximate surface area is 117 Å². The maximum absolute atomic E-state index is 5.83. The van der Waals surface area contributed by atoms with Crippen molar-refractivity contribution in [1.29, 1.82) is 0 Å². The summed E-state index contributed by atoms with van der Waals surface area (Å²) >= 11 is 0. The monoisotopic (exact) mass is 265 g/mol. The Bertz CT molecular complexity index is 368. The van der Waals surface area contributed by atoms with Crippen LogP contribution in [0.1, 0.15) is 52.3 Å². The first-order chi connectivity index (χ1) is 9.19. The minimum Gasteiger partial charge on any atom is -0.477 e. The van der Waals surface area contributed by atoms with Gasteiger partial charge in [0.25, 0.3) is 0 Å². The Balaban J connectivity index is 2.55. The van der Waals surface area contributed by atoms with Crippen LogP contribution in [0.3, 0.4) is 0 Å². The van der Waals surface area contributed by atoms with Gasteiger partial charge in [0.1, 0.15) is 11.6 Å². The smallest absolute Gasteiger partial charge is 0.218 e. The molecule has 0 saturated heterocycles. The van der Waals surface area contributed by atoms with Crippen LogP contribution in [0.25, 0.3) is 0 Å². The lowest BCUT2D eigenvalue weighted by Gasteiger charge is -2.15. The number of hydrogen-bond donors (Lipinski definition) is 1. The molecular weight excluding hydrogens is 238 g/mol. The normalized spacial score (nSPS) is 12.2. The number of aryl methyl sites for hydroxylation is 1. The SMILES string of the molecule is CCCCC(CC)COc1cc(NCC)nc(C)n1. The lowest BCUT2D eigenvalue weighted by Crippen LogP contribution is -2.13. The van der Waals surface area contributed by atoms with Crippen LogP contribution in [0.2, 0.25) is 0 Å². The fourth-order valence-electron chi connectivity index (χ4n) is 1.99. The molecule has 19 heavy (non-hydrogen) atoms. The van der Waals surface area contributed by atoms with Crippen molar-refractivity contribution < 1.29 is 4.74 Å². The van der Waals surface area contributed by atoms with Crippen molar-refractivity contribution in [3.05, 3.63) is 11.9 Å². The van der Waals surface area contributed by atoms with Gasteiger partial charge < -0.3 is 10.1 Å². The summed E-state index contributed by atoms with van der Waals surface area (Å²) in [5.41, 5.74) is 0. The number of anilines is 1. The van der Waals surface area contributed by atoms with Gasteiger partial charge in [-0.2, -0.15) is 4.98 Å². The summed E-state index contributed by atoms with van der Waals surface area (Å²) in [5, 5.41) is 3.19.